The molecule has 0 aliphatic carbocycles. The zero-order chi connectivity index (χ0) is 22.3. The lowest BCUT2D eigenvalue weighted by Gasteiger charge is -2.38. The predicted octanol–water partition coefficient (Wildman–Crippen LogP) is 1.81. The van der Waals surface area contributed by atoms with Gasteiger partial charge in [0.2, 0.25) is 11.8 Å². The summed E-state index contributed by atoms with van der Waals surface area (Å²) in [5, 5.41) is 1.10. The number of carbonyl (C=O) groups excluding carboxylic acids is 3. The Morgan fingerprint density at radius 3 is 2.55 bits per heavy atom. The molecule has 3 aliphatic heterocycles. The molecule has 2 bridgehead atoms. The number of halogens is 2. The molecule has 1 aromatic heterocycles. The van der Waals surface area contributed by atoms with Crippen molar-refractivity contribution in [1.29, 1.82) is 0 Å². The Kier molecular flexibility index (Phi) is 5.89. The minimum atomic E-state index is -3.76. The molecule has 31 heavy (non-hydrogen) atoms. The Morgan fingerprint density at radius 2 is 1.87 bits per heavy atom. The maximum atomic E-state index is 14.9. The largest absolute Gasteiger partial charge is 0.375 e. The minimum Gasteiger partial charge on any atom is -0.375 e. The molecule has 3 unspecified atom stereocenters. The summed E-state index contributed by atoms with van der Waals surface area (Å²) < 4.78 is 29.8. The SMILES string of the molecule is CC(=O)N1CCCCC1C(=O)N1CCC2CCC(C1)N2C(=O)C(F)(F)c1csc(N)n1. The van der Waals surface area contributed by atoms with Crippen LogP contribution in [0.15, 0.2) is 5.38 Å². The molecule has 3 amide bonds. The van der Waals surface area contributed by atoms with Gasteiger partial charge in [-0.1, -0.05) is 0 Å². The number of fused-ring (bicyclic) bond motifs is 2. The highest BCUT2D eigenvalue weighted by Crippen LogP contribution is 2.38. The lowest BCUT2D eigenvalue weighted by atomic mass is 9.99. The molecule has 8 nitrogen and oxygen atoms in total. The van der Waals surface area contributed by atoms with E-state index in [2.05, 4.69) is 4.98 Å². The highest BCUT2D eigenvalue weighted by molar-refractivity contribution is 7.13. The van der Waals surface area contributed by atoms with E-state index < -0.39 is 29.6 Å². The van der Waals surface area contributed by atoms with E-state index in [0.29, 0.717) is 38.8 Å². The first-order valence-electron chi connectivity index (χ1n) is 10.7. The number of amides is 3. The first-order chi connectivity index (χ1) is 14.7. The van der Waals surface area contributed by atoms with Gasteiger partial charge in [-0.05, 0) is 38.5 Å². The van der Waals surface area contributed by atoms with Crippen molar-refractivity contribution in [1.82, 2.24) is 19.7 Å². The van der Waals surface area contributed by atoms with Gasteiger partial charge in [-0.15, -0.1) is 11.3 Å². The van der Waals surface area contributed by atoms with Crippen molar-refractivity contribution >= 4 is 34.2 Å². The van der Waals surface area contributed by atoms with Crippen LogP contribution < -0.4 is 5.73 Å². The number of thiazole rings is 1. The summed E-state index contributed by atoms with van der Waals surface area (Å²) in [5.74, 6) is -5.31. The quantitative estimate of drug-likeness (QED) is 0.749. The van der Waals surface area contributed by atoms with Crippen LogP contribution in [-0.4, -0.2) is 75.2 Å². The van der Waals surface area contributed by atoms with E-state index in [0.717, 1.165) is 29.6 Å². The Bertz CT molecular complexity index is 879. The van der Waals surface area contributed by atoms with Crippen molar-refractivity contribution in [2.45, 2.75) is 69.5 Å². The van der Waals surface area contributed by atoms with E-state index >= 15 is 0 Å². The van der Waals surface area contributed by atoms with Gasteiger partial charge in [-0.3, -0.25) is 14.4 Å². The number of nitrogens with two attached hydrogens (primary N) is 1. The van der Waals surface area contributed by atoms with Crippen LogP contribution in [0.1, 0.15) is 51.1 Å². The fourth-order valence-electron chi connectivity index (χ4n) is 5.09. The Morgan fingerprint density at radius 1 is 1.13 bits per heavy atom. The second kappa shape index (κ2) is 8.33. The smallest absolute Gasteiger partial charge is 0.367 e. The van der Waals surface area contributed by atoms with Gasteiger partial charge < -0.3 is 20.4 Å². The summed E-state index contributed by atoms with van der Waals surface area (Å²) >= 11 is 0.870. The van der Waals surface area contributed by atoms with Crippen LogP contribution >= 0.6 is 11.3 Å². The van der Waals surface area contributed by atoms with E-state index in [-0.39, 0.29) is 29.5 Å². The van der Waals surface area contributed by atoms with E-state index in [1.165, 1.54) is 11.8 Å². The Hall–Kier alpha value is -2.30. The van der Waals surface area contributed by atoms with Gasteiger partial charge in [0.25, 0.3) is 5.91 Å². The molecular weight excluding hydrogens is 428 g/mol. The Balaban J connectivity index is 1.51. The van der Waals surface area contributed by atoms with Gasteiger partial charge >= 0.3 is 5.92 Å². The third kappa shape index (κ3) is 3.99. The second-order valence-corrected chi connectivity index (χ2v) is 9.43. The van der Waals surface area contributed by atoms with E-state index in [1.807, 2.05) is 0 Å². The summed E-state index contributed by atoms with van der Waals surface area (Å²) in [6, 6.07) is -1.32. The first kappa shape index (κ1) is 21.9. The van der Waals surface area contributed by atoms with Crippen LogP contribution in [0.5, 0.6) is 0 Å². The number of nitrogens with zero attached hydrogens (tertiary/aromatic N) is 4. The average Bonchev–Trinajstić information content (AvgIpc) is 3.29. The average molecular weight is 456 g/mol. The number of anilines is 1. The van der Waals surface area contributed by atoms with Crippen molar-refractivity contribution < 1.29 is 23.2 Å². The maximum Gasteiger partial charge on any atom is 0.367 e. The molecule has 0 saturated carbocycles. The molecule has 0 aromatic carbocycles. The number of carbonyl (C=O) groups is 3. The normalized spacial score (nSPS) is 26.7. The van der Waals surface area contributed by atoms with Crippen LogP contribution in [0.25, 0.3) is 0 Å². The number of hydrogen-bond acceptors (Lipinski definition) is 6. The Labute approximate surface area is 183 Å². The van der Waals surface area contributed by atoms with Gasteiger partial charge in [-0.25, -0.2) is 4.98 Å². The van der Waals surface area contributed by atoms with E-state index in [9.17, 15) is 23.2 Å². The molecule has 0 spiro atoms. The molecule has 170 valence electrons. The molecule has 3 aliphatic rings. The van der Waals surface area contributed by atoms with Crippen molar-refractivity contribution in [2.24, 2.45) is 0 Å². The highest BCUT2D eigenvalue weighted by atomic mass is 32.1. The number of nitrogen functional groups attached to an aromatic ring is 1. The lowest BCUT2D eigenvalue weighted by Crippen LogP contribution is -2.54. The monoisotopic (exact) mass is 455 g/mol. The molecule has 4 rings (SSSR count). The van der Waals surface area contributed by atoms with Crippen molar-refractivity contribution in [3.8, 4) is 0 Å². The summed E-state index contributed by atoms with van der Waals surface area (Å²) in [5.41, 5.74) is 4.85. The van der Waals surface area contributed by atoms with Crippen LogP contribution in [0, 0.1) is 0 Å². The molecule has 3 saturated heterocycles. The summed E-state index contributed by atoms with van der Waals surface area (Å²) in [6.07, 6.45) is 3.98. The zero-order valence-electron chi connectivity index (χ0n) is 17.4. The summed E-state index contributed by atoms with van der Waals surface area (Å²) in [6.45, 7) is 2.61. The fourth-order valence-corrected chi connectivity index (χ4v) is 5.67. The topological polar surface area (TPSA) is 99.8 Å². The molecule has 3 fully saturated rings. The molecule has 2 N–H and O–H groups in total. The predicted molar refractivity (Wildman–Crippen MR) is 110 cm³/mol. The third-order valence-corrected chi connectivity index (χ3v) is 7.31. The van der Waals surface area contributed by atoms with Gasteiger partial charge in [0.05, 0.1) is 0 Å². The number of piperidine rings is 1. The van der Waals surface area contributed by atoms with E-state index in [1.54, 1.807) is 9.80 Å². The molecule has 3 atom stereocenters. The molecule has 11 heteroatoms. The summed E-state index contributed by atoms with van der Waals surface area (Å²) in [7, 11) is 0. The maximum absolute atomic E-state index is 14.9. The summed E-state index contributed by atoms with van der Waals surface area (Å²) in [4.78, 5) is 46.3. The van der Waals surface area contributed by atoms with Gasteiger partial charge in [0, 0.05) is 44.0 Å². The van der Waals surface area contributed by atoms with Crippen LogP contribution in [0.2, 0.25) is 0 Å². The number of likely N-dealkylation sites (tertiary alicyclic amines) is 2. The molecule has 0 radical (unpaired) electrons. The van der Waals surface area contributed by atoms with Crippen molar-refractivity contribution in [3.63, 3.8) is 0 Å². The van der Waals surface area contributed by atoms with Crippen molar-refractivity contribution in [2.75, 3.05) is 25.4 Å². The third-order valence-electron chi connectivity index (χ3n) is 6.63. The van der Waals surface area contributed by atoms with Gasteiger partial charge in [-0.2, -0.15) is 8.78 Å². The molecule has 4 heterocycles. The highest BCUT2D eigenvalue weighted by Gasteiger charge is 2.52. The number of rotatable bonds is 3. The number of hydrogen-bond donors (Lipinski definition) is 1. The second-order valence-electron chi connectivity index (χ2n) is 8.54. The number of alkyl halides is 2. The van der Waals surface area contributed by atoms with Gasteiger partial charge in [0.1, 0.15) is 11.7 Å². The van der Waals surface area contributed by atoms with Gasteiger partial charge in [0.15, 0.2) is 5.13 Å². The lowest BCUT2D eigenvalue weighted by molar-refractivity contribution is -0.162. The van der Waals surface area contributed by atoms with Crippen LogP contribution in [0.3, 0.4) is 0 Å². The van der Waals surface area contributed by atoms with Crippen LogP contribution in [0.4, 0.5) is 13.9 Å². The molecular formula is C20H27F2N5O3S. The fraction of sp³-hybridized carbons (Fsp3) is 0.700. The minimum absolute atomic E-state index is 0.0133. The standard InChI is InChI=1S/C20H27F2N5O3S/c1-12(28)26-8-3-2-4-15(26)17(29)25-9-7-13-5-6-14(10-25)27(13)18(30)20(21,22)16-11-31-19(23)24-16/h11,13-15H,2-10H2,1H3,(H2,23,24). The first-order valence-corrected chi connectivity index (χ1v) is 11.6. The molecule has 1 aromatic rings. The van der Waals surface area contributed by atoms with Crippen molar-refractivity contribution in [3.05, 3.63) is 11.1 Å². The zero-order valence-corrected chi connectivity index (χ0v) is 18.2. The van der Waals surface area contributed by atoms with E-state index in [4.69, 9.17) is 5.73 Å². The van der Waals surface area contributed by atoms with Crippen LogP contribution in [-0.2, 0) is 20.3 Å². The number of aromatic nitrogens is 1.